The van der Waals surface area contributed by atoms with E-state index >= 15 is 0 Å². The van der Waals surface area contributed by atoms with E-state index in [1.807, 2.05) is 37.3 Å². The molecule has 0 saturated carbocycles. The van der Waals surface area contributed by atoms with Gasteiger partial charge in [0.05, 0.1) is 6.54 Å². The predicted molar refractivity (Wildman–Crippen MR) is 117 cm³/mol. The summed E-state index contributed by atoms with van der Waals surface area (Å²) in [5.74, 6) is -0.622. The molecule has 3 aromatic rings. The second-order valence-electron chi connectivity index (χ2n) is 6.73. The van der Waals surface area contributed by atoms with Crippen molar-refractivity contribution >= 4 is 29.0 Å². The van der Waals surface area contributed by atoms with E-state index in [9.17, 15) is 14.4 Å². The highest BCUT2D eigenvalue weighted by Crippen LogP contribution is 2.22. The van der Waals surface area contributed by atoms with Crippen LogP contribution in [0.3, 0.4) is 0 Å². The molecule has 2 aromatic heterocycles. The molecule has 0 atom stereocenters. The molecule has 0 aliphatic rings. The number of nitrogens with zero attached hydrogens (tertiary/aromatic N) is 3. The highest BCUT2D eigenvalue weighted by atomic mass is 35.5. The van der Waals surface area contributed by atoms with Crippen LogP contribution in [0.1, 0.15) is 35.8 Å². The van der Waals surface area contributed by atoms with Gasteiger partial charge in [0.25, 0.3) is 11.5 Å². The van der Waals surface area contributed by atoms with E-state index in [0.717, 1.165) is 12.0 Å². The van der Waals surface area contributed by atoms with Crippen LogP contribution in [-0.2, 0) is 13.1 Å². The van der Waals surface area contributed by atoms with Crippen molar-refractivity contribution in [2.75, 3.05) is 10.6 Å². The topological polar surface area (TPSA) is 114 Å². The highest BCUT2D eigenvalue weighted by molar-refractivity contribution is 6.31. The van der Waals surface area contributed by atoms with Crippen LogP contribution < -0.4 is 21.9 Å². The van der Waals surface area contributed by atoms with E-state index < -0.39 is 17.2 Å². The lowest BCUT2D eigenvalue weighted by molar-refractivity contribution is 0.0980. The van der Waals surface area contributed by atoms with Gasteiger partial charge in [-0.3, -0.25) is 29.0 Å². The minimum atomic E-state index is -0.739. The molecule has 0 aliphatic carbocycles. The Morgan fingerprint density at radius 3 is 2.63 bits per heavy atom. The second-order valence-corrected chi connectivity index (χ2v) is 7.17. The normalized spacial score (nSPS) is 10.7. The lowest BCUT2D eigenvalue weighted by Gasteiger charge is -2.24. The number of rotatable bonds is 7. The molecule has 0 spiro atoms. The maximum absolute atomic E-state index is 13.3. The highest BCUT2D eigenvalue weighted by Gasteiger charge is 2.26. The molecule has 1 amide bonds. The molecule has 0 bridgehead atoms. The van der Waals surface area contributed by atoms with Crippen molar-refractivity contribution in [3.63, 3.8) is 0 Å². The third kappa shape index (κ3) is 4.60. The number of carbonyl (C=O) groups is 1. The molecule has 2 heterocycles. The van der Waals surface area contributed by atoms with Crippen LogP contribution in [0.5, 0.6) is 0 Å². The van der Waals surface area contributed by atoms with Gasteiger partial charge in [-0.05, 0) is 24.1 Å². The molecule has 9 heteroatoms. The van der Waals surface area contributed by atoms with Gasteiger partial charge in [-0.1, -0.05) is 55.3 Å². The zero-order chi connectivity index (χ0) is 21.7. The Morgan fingerprint density at radius 1 is 1.23 bits per heavy atom. The molecule has 8 nitrogen and oxygen atoms in total. The summed E-state index contributed by atoms with van der Waals surface area (Å²) in [5.41, 5.74) is 5.62. The number of unbranched alkanes of at least 4 members (excludes halogenated alkanes) is 1. The largest absolute Gasteiger partial charge is 0.383 e. The number of amides is 1. The van der Waals surface area contributed by atoms with Gasteiger partial charge in [0, 0.05) is 17.8 Å². The fourth-order valence-corrected chi connectivity index (χ4v) is 3.21. The summed E-state index contributed by atoms with van der Waals surface area (Å²) >= 11 is 6.02. The Hall–Kier alpha value is -3.39. The van der Waals surface area contributed by atoms with Crippen LogP contribution in [-0.4, -0.2) is 20.4 Å². The standard InChI is InChI=1S/C21H22ClN5O3/c1-2-3-11-26-18(23)17(19(28)25-21(26)30)27(13-14-7-5-4-6-8-14)20(29)16-12-15(22)9-10-24-16/h4-10,12H,2-3,11,13,23H2,1H3,(H,25,28,30). The Bertz CT molecular complexity index is 1160. The molecular weight excluding hydrogens is 406 g/mol. The Kier molecular flexibility index (Phi) is 6.68. The van der Waals surface area contributed by atoms with Crippen molar-refractivity contribution in [1.82, 2.24) is 14.5 Å². The monoisotopic (exact) mass is 427 g/mol. The van der Waals surface area contributed by atoms with E-state index in [-0.39, 0.29) is 23.7 Å². The van der Waals surface area contributed by atoms with E-state index in [1.54, 1.807) is 6.07 Å². The lowest BCUT2D eigenvalue weighted by atomic mass is 10.2. The number of pyridine rings is 1. The Labute approximate surface area is 177 Å². The number of anilines is 2. The first kappa shape index (κ1) is 21.3. The summed E-state index contributed by atoms with van der Waals surface area (Å²) in [6.07, 6.45) is 2.93. The number of H-pyrrole nitrogens is 1. The van der Waals surface area contributed by atoms with Gasteiger partial charge < -0.3 is 5.73 Å². The van der Waals surface area contributed by atoms with Crippen LogP contribution in [0.4, 0.5) is 11.5 Å². The molecule has 0 fully saturated rings. The predicted octanol–water partition coefficient (Wildman–Crippen LogP) is 2.81. The maximum Gasteiger partial charge on any atom is 0.330 e. The van der Waals surface area contributed by atoms with Crippen LogP contribution in [0, 0.1) is 0 Å². The summed E-state index contributed by atoms with van der Waals surface area (Å²) in [6, 6.07) is 12.1. The number of benzene rings is 1. The molecule has 3 rings (SSSR count). The number of aromatic nitrogens is 3. The maximum atomic E-state index is 13.3. The summed E-state index contributed by atoms with van der Waals surface area (Å²) in [5, 5.41) is 0.336. The minimum Gasteiger partial charge on any atom is -0.383 e. The van der Waals surface area contributed by atoms with Gasteiger partial charge in [-0.2, -0.15) is 0 Å². The summed E-state index contributed by atoms with van der Waals surface area (Å²) in [6.45, 7) is 2.37. The van der Waals surface area contributed by atoms with E-state index in [4.69, 9.17) is 17.3 Å². The number of nitrogens with two attached hydrogens (primary N) is 1. The summed E-state index contributed by atoms with van der Waals surface area (Å²) < 4.78 is 1.27. The van der Waals surface area contributed by atoms with Crippen molar-refractivity contribution in [1.29, 1.82) is 0 Å². The zero-order valence-electron chi connectivity index (χ0n) is 16.5. The second kappa shape index (κ2) is 9.41. The van der Waals surface area contributed by atoms with Gasteiger partial charge in [0.1, 0.15) is 11.5 Å². The number of carbonyl (C=O) groups excluding carboxylic acids is 1. The summed E-state index contributed by atoms with van der Waals surface area (Å²) in [7, 11) is 0. The fourth-order valence-electron chi connectivity index (χ4n) is 3.05. The number of halogens is 1. The fraction of sp³-hybridized carbons (Fsp3) is 0.238. The first-order valence-corrected chi connectivity index (χ1v) is 9.90. The Balaban J connectivity index is 2.16. The number of nitrogen functional groups attached to an aromatic ring is 1. The minimum absolute atomic E-state index is 0.0588. The van der Waals surface area contributed by atoms with Gasteiger partial charge in [0.2, 0.25) is 0 Å². The van der Waals surface area contributed by atoms with Crippen LogP contribution >= 0.6 is 11.6 Å². The number of hydrogen-bond acceptors (Lipinski definition) is 5. The quantitative estimate of drug-likeness (QED) is 0.601. The summed E-state index contributed by atoms with van der Waals surface area (Å²) in [4.78, 5) is 45.9. The van der Waals surface area contributed by atoms with E-state index in [1.165, 1.54) is 21.7 Å². The lowest BCUT2D eigenvalue weighted by Crippen LogP contribution is -2.41. The van der Waals surface area contributed by atoms with Crippen molar-refractivity contribution < 1.29 is 4.79 Å². The average molecular weight is 428 g/mol. The number of nitrogens with one attached hydrogen (secondary N) is 1. The van der Waals surface area contributed by atoms with Crippen molar-refractivity contribution in [2.24, 2.45) is 0 Å². The molecule has 1 aromatic carbocycles. The molecule has 0 radical (unpaired) electrons. The first-order valence-electron chi connectivity index (χ1n) is 9.52. The van der Waals surface area contributed by atoms with Gasteiger partial charge >= 0.3 is 5.69 Å². The van der Waals surface area contributed by atoms with Gasteiger partial charge in [-0.25, -0.2) is 4.79 Å². The van der Waals surface area contributed by atoms with Crippen molar-refractivity contribution in [3.8, 4) is 0 Å². The molecule has 0 aliphatic heterocycles. The van der Waals surface area contributed by atoms with Crippen LogP contribution in [0.15, 0.2) is 58.3 Å². The molecule has 3 N–H and O–H groups in total. The third-order valence-electron chi connectivity index (χ3n) is 4.59. The molecule has 30 heavy (non-hydrogen) atoms. The molecule has 0 unspecified atom stereocenters. The van der Waals surface area contributed by atoms with Crippen molar-refractivity contribution in [3.05, 3.63) is 85.8 Å². The van der Waals surface area contributed by atoms with Crippen LogP contribution in [0.25, 0.3) is 0 Å². The van der Waals surface area contributed by atoms with Crippen molar-refractivity contribution in [2.45, 2.75) is 32.9 Å². The van der Waals surface area contributed by atoms with E-state index in [2.05, 4.69) is 9.97 Å². The molecular formula is C21H22ClN5O3. The molecule has 0 saturated heterocycles. The van der Waals surface area contributed by atoms with Gasteiger partial charge in [0.15, 0.2) is 5.69 Å². The zero-order valence-corrected chi connectivity index (χ0v) is 17.2. The smallest absolute Gasteiger partial charge is 0.330 e. The van der Waals surface area contributed by atoms with Gasteiger partial charge in [-0.15, -0.1) is 0 Å². The van der Waals surface area contributed by atoms with E-state index in [0.29, 0.717) is 18.0 Å². The Morgan fingerprint density at radius 2 is 1.97 bits per heavy atom. The molecule has 156 valence electrons. The average Bonchev–Trinajstić information content (AvgIpc) is 2.73. The van der Waals surface area contributed by atoms with Crippen LogP contribution in [0.2, 0.25) is 5.02 Å². The SMILES string of the molecule is CCCCn1c(N)c(N(Cc2ccccc2)C(=O)c2cc(Cl)ccn2)c(=O)[nH]c1=O. The first-order chi connectivity index (χ1) is 14.4. The third-order valence-corrected chi connectivity index (χ3v) is 4.82. The number of aromatic amines is 1. The number of hydrogen-bond donors (Lipinski definition) is 2.